The normalized spacial score (nSPS) is 11.6. The molecule has 15 heteroatoms. The summed E-state index contributed by atoms with van der Waals surface area (Å²) in [4.78, 5) is 60.2. The molecule has 0 saturated carbocycles. The molecule has 143 heavy (non-hydrogen) atoms. The van der Waals surface area contributed by atoms with E-state index in [4.69, 9.17) is 59.8 Å². The molecule has 0 saturated heterocycles. The Balaban J connectivity index is 0.000000107. The number of aromatic nitrogens is 15. The summed E-state index contributed by atoms with van der Waals surface area (Å²) in [5.41, 5.74) is 14.4. The average Bonchev–Trinajstić information content (AvgIpc) is 1.57. The van der Waals surface area contributed by atoms with E-state index >= 15 is 0 Å². The van der Waals surface area contributed by atoms with Crippen LogP contribution in [0, 0.1) is 0 Å². The topological polar surface area (TPSA) is 169 Å². The lowest BCUT2D eigenvalue weighted by molar-refractivity contribution is 1.03. The predicted octanol–water partition coefficient (Wildman–Crippen LogP) is 31.3. The van der Waals surface area contributed by atoms with Crippen LogP contribution in [0.3, 0.4) is 0 Å². The minimum Gasteiger partial charge on any atom is -0.294 e. The number of hydrogen-bond donors (Lipinski definition) is 0. The molecule has 0 unspecified atom stereocenters. The summed E-state index contributed by atoms with van der Waals surface area (Å²) < 4.78 is 6.82. The number of benzene rings is 20. The van der Waals surface area contributed by atoms with Crippen LogP contribution in [0.15, 0.2) is 479 Å². The molecule has 0 aliphatic rings. The van der Waals surface area contributed by atoms with Gasteiger partial charge in [-0.2, -0.15) is 0 Å². The number of pyridine rings is 3. The van der Waals surface area contributed by atoms with Gasteiger partial charge in [0.25, 0.3) is 0 Å². The number of rotatable bonds is 12. The van der Waals surface area contributed by atoms with Crippen LogP contribution in [0.5, 0.6) is 0 Å². The van der Waals surface area contributed by atoms with Crippen molar-refractivity contribution < 1.29 is 0 Å². The maximum absolute atomic E-state index is 5.28. The second kappa shape index (κ2) is 34.9. The lowest BCUT2D eigenvalue weighted by Gasteiger charge is -2.11. The van der Waals surface area contributed by atoms with Crippen LogP contribution >= 0.6 is 0 Å². The first-order valence-corrected chi connectivity index (χ1v) is 47.8. The van der Waals surface area contributed by atoms with Crippen LogP contribution in [-0.4, -0.2) is 73.5 Å². The quantitative estimate of drug-likeness (QED) is 0.114. The van der Waals surface area contributed by atoms with Crippen LogP contribution in [0.25, 0.3) is 272 Å². The largest absolute Gasteiger partial charge is 0.294 e. The van der Waals surface area contributed by atoms with Gasteiger partial charge in [0.15, 0.2) is 52.4 Å². The van der Waals surface area contributed by atoms with Gasteiger partial charge in [0, 0.05) is 77.5 Å². The van der Waals surface area contributed by atoms with Crippen LogP contribution in [0.2, 0.25) is 0 Å². The van der Waals surface area contributed by atoms with Crippen molar-refractivity contribution in [1.29, 1.82) is 0 Å². The first-order valence-electron chi connectivity index (χ1n) is 47.8. The Morgan fingerprint density at radius 3 is 0.636 bits per heavy atom. The highest BCUT2D eigenvalue weighted by Gasteiger charge is 2.26. The molecule has 0 N–H and O–H groups in total. The highest BCUT2D eigenvalue weighted by molar-refractivity contribution is 6.31. The SMILES string of the molecule is c1ccc(-c2nc(-c3ccc(-n4c5ccc6ccccc6c5c5c6ccccc6ccc54)nc3)nc(-c3ccc4ccccc4c3)n2)cc1.c1ccc(-c2nc(-c3ccc4ccccc4c3)nc(-c3cccc(-n4c5ccc6ccccc6c5c5c6ccccc6ccc54)n3)n2)cc1.c1ccc(-c2nc(-c3ccccc3)nc(-c3cccc(-n4c5ccc6ccccc6c5c5c6ccccc6ccc54)n3)n2)cc1. The average molecular weight is 1830 g/mol. The van der Waals surface area contributed by atoms with Crippen molar-refractivity contribution in [2.24, 2.45) is 0 Å². The highest BCUT2D eigenvalue weighted by Crippen LogP contribution is 2.46. The molecule has 666 valence electrons. The highest BCUT2D eigenvalue weighted by atomic mass is 15.1. The molecular weight excluding hydrogens is 1750 g/mol. The van der Waals surface area contributed by atoms with E-state index < -0.39 is 0 Å². The monoisotopic (exact) mass is 1830 g/mol. The summed E-state index contributed by atoms with van der Waals surface area (Å²) in [6.45, 7) is 0. The summed E-state index contributed by atoms with van der Waals surface area (Å²) in [7, 11) is 0. The maximum Gasteiger partial charge on any atom is 0.182 e. The summed E-state index contributed by atoms with van der Waals surface area (Å²) in [6.07, 6.45) is 1.88. The van der Waals surface area contributed by atoms with Gasteiger partial charge >= 0.3 is 0 Å². The van der Waals surface area contributed by atoms with Crippen LogP contribution < -0.4 is 0 Å². The van der Waals surface area contributed by atoms with E-state index in [0.717, 1.165) is 100 Å². The second-order valence-electron chi connectivity index (χ2n) is 35.8. The van der Waals surface area contributed by atoms with E-state index in [1.54, 1.807) is 0 Å². The Morgan fingerprint density at radius 1 is 0.133 bits per heavy atom. The summed E-state index contributed by atoms with van der Waals surface area (Å²) in [5.74, 6) is 7.76. The standard InChI is InChI=1S/2C44H27N5.C40H25N5/c1-2-14-31(15-3-1)42-46-43(33-22-21-28-11-4-5-16-32(28)27-33)48-44(47-42)36-19-10-20-39(45-36)49-37-25-23-29-12-6-8-17-34(29)40(37)41-35-18-9-7-13-30(35)24-26-38(41)49;1-2-13-31(14-3-1)42-46-43(33-19-18-28-10-4-5-15-32(28)26-33)48-44(47-42)34-22-25-39(45-27-34)49-37-23-20-29-11-6-8-16-35(29)40(37)41-36-17-9-7-12-30(36)21-24-38(41)49;1-3-14-28(15-4-1)38-42-39(29-16-5-2-6-17-29)44-40(43-38)32-20-11-21-35(41-32)45-33-24-22-26-12-7-9-18-30(26)36(33)37-31-19-10-8-13-27(31)23-25-34(37)45/h2*1-27H;1-25H. The number of hydrogen-bond acceptors (Lipinski definition) is 12. The van der Waals surface area contributed by atoms with Crippen molar-refractivity contribution in [2.45, 2.75) is 0 Å². The maximum atomic E-state index is 5.28. The van der Waals surface area contributed by atoms with E-state index in [2.05, 4.69) is 341 Å². The molecule has 9 heterocycles. The fourth-order valence-electron chi connectivity index (χ4n) is 20.6. The Morgan fingerprint density at radius 2 is 0.357 bits per heavy atom. The van der Waals surface area contributed by atoms with Crippen LogP contribution in [0.1, 0.15) is 0 Å². The third kappa shape index (κ3) is 14.8. The van der Waals surface area contributed by atoms with E-state index in [1.807, 2.05) is 152 Å². The zero-order chi connectivity index (χ0) is 94.4. The Bertz CT molecular complexity index is 9800. The minimum atomic E-state index is 0.524. The molecule has 0 fully saturated rings. The van der Waals surface area contributed by atoms with E-state index in [-0.39, 0.29) is 0 Å². The summed E-state index contributed by atoms with van der Waals surface area (Å²) >= 11 is 0. The fourth-order valence-corrected chi connectivity index (χ4v) is 20.6. The Labute approximate surface area is 819 Å². The van der Waals surface area contributed by atoms with Gasteiger partial charge in [-0.15, -0.1) is 0 Å². The molecule has 9 aromatic heterocycles. The van der Waals surface area contributed by atoms with Crippen LogP contribution in [-0.2, 0) is 0 Å². The molecule has 0 bridgehead atoms. The van der Waals surface area contributed by atoms with Gasteiger partial charge in [0.05, 0.1) is 33.1 Å². The lowest BCUT2D eigenvalue weighted by atomic mass is 10.00. The van der Waals surface area contributed by atoms with Gasteiger partial charge in [-0.1, -0.05) is 388 Å². The van der Waals surface area contributed by atoms with E-state index in [0.29, 0.717) is 63.8 Å². The lowest BCUT2D eigenvalue weighted by Crippen LogP contribution is -2.03. The number of fused-ring (bicyclic) bond motifs is 23. The first kappa shape index (κ1) is 82.8. The Kier molecular flexibility index (Phi) is 20.2. The molecule has 29 aromatic rings. The van der Waals surface area contributed by atoms with Crippen molar-refractivity contribution in [3.8, 4) is 120 Å². The third-order valence-electron chi connectivity index (χ3n) is 27.3. The summed E-state index contributed by atoms with van der Waals surface area (Å²) in [5, 5.41) is 26.6. The molecule has 0 aliphatic heterocycles. The molecule has 15 nitrogen and oxygen atoms in total. The van der Waals surface area contributed by atoms with Crippen LogP contribution in [0.4, 0.5) is 0 Å². The van der Waals surface area contributed by atoms with Gasteiger partial charge in [-0.05, 0) is 171 Å². The van der Waals surface area contributed by atoms with Gasteiger partial charge in [-0.25, -0.2) is 59.8 Å². The molecule has 0 amide bonds. The molecule has 0 atom stereocenters. The smallest absolute Gasteiger partial charge is 0.182 e. The van der Waals surface area contributed by atoms with E-state index in [1.165, 1.54) is 108 Å². The van der Waals surface area contributed by atoms with Crippen molar-refractivity contribution in [1.82, 2.24) is 73.5 Å². The summed E-state index contributed by atoms with van der Waals surface area (Å²) in [6, 6.07) is 164. The molecular formula is C128H79N15. The molecule has 0 radical (unpaired) electrons. The molecule has 29 rings (SSSR count). The minimum absolute atomic E-state index is 0.524. The molecule has 0 spiro atoms. The zero-order valence-corrected chi connectivity index (χ0v) is 76.8. The van der Waals surface area contributed by atoms with Gasteiger partial charge in [0.1, 0.15) is 28.8 Å². The first-order chi connectivity index (χ1) is 70.9. The number of nitrogens with zero attached hydrogens (tertiary/aromatic N) is 15. The van der Waals surface area contributed by atoms with Gasteiger partial charge in [-0.3, -0.25) is 13.7 Å². The Hall–Kier alpha value is -19.6. The zero-order valence-electron chi connectivity index (χ0n) is 76.8. The predicted molar refractivity (Wildman–Crippen MR) is 585 cm³/mol. The molecule has 20 aromatic carbocycles. The van der Waals surface area contributed by atoms with Gasteiger partial charge < -0.3 is 0 Å². The third-order valence-corrected chi connectivity index (χ3v) is 27.3. The van der Waals surface area contributed by atoms with Crippen molar-refractivity contribution in [3.05, 3.63) is 479 Å². The van der Waals surface area contributed by atoms with Gasteiger partial charge in [0.2, 0.25) is 0 Å². The van der Waals surface area contributed by atoms with E-state index in [9.17, 15) is 0 Å². The van der Waals surface area contributed by atoms with Crippen molar-refractivity contribution >= 4 is 152 Å². The molecule has 0 aliphatic carbocycles. The van der Waals surface area contributed by atoms with Crippen molar-refractivity contribution in [2.75, 3.05) is 0 Å². The van der Waals surface area contributed by atoms with Crippen molar-refractivity contribution in [3.63, 3.8) is 0 Å². The fraction of sp³-hybridized carbons (Fsp3) is 0. The second-order valence-corrected chi connectivity index (χ2v) is 35.8.